The predicted molar refractivity (Wildman–Crippen MR) is 89.5 cm³/mol. The lowest BCUT2D eigenvalue weighted by atomic mass is 9.92. The molecule has 0 saturated carbocycles. The molecule has 2 aromatic rings. The zero-order valence-corrected chi connectivity index (χ0v) is 14.8. The summed E-state index contributed by atoms with van der Waals surface area (Å²) in [5.41, 5.74) is 1.86. The van der Waals surface area contributed by atoms with Crippen molar-refractivity contribution in [3.8, 4) is 11.5 Å². The van der Waals surface area contributed by atoms with Crippen LogP contribution in [0, 0.1) is 0 Å². The monoisotopic (exact) mass is 351 g/mol. The highest BCUT2D eigenvalue weighted by atomic mass is 79.9. The zero-order chi connectivity index (χ0) is 15.6. The summed E-state index contributed by atoms with van der Waals surface area (Å²) in [4.78, 5) is 9.44. The maximum Gasteiger partial charge on any atom is 0.180 e. The van der Waals surface area contributed by atoms with Crippen molar-refractivity contribution in [2.75, 3.05) is 11.9 Å². The smallest absolute Gasteiger partial charge is 0.180 e. The summed E-state index contributed by atoms with van der Waals surface area (Å²) in [6, 6.07) is 1.95. The van der Waals surface area contributed by atoms with Crippen LogP contribution in [0.15, 0.2) is 16.7 Å². The van der Waals surface area contributed by atoms with Crippen molar-refractivity contribution >= 4 is 21.7 Å². The molecule has 2 aromatic heterocycles. The summed E-state index contributed by atoms with van der Waals surface area (Å²) in [6.45, 7) is 12.2. The van der Waals surface area contributed by atoms with Crippen LogP contribution in [-0.4, -0.2) is 26.3 Å². The Balaban J connectivity index is 2.64. The van der Waals surface area contributed by atoms with Gasteiger partial charge in [-0.25, -0.2) is 9.97 Å². The van der Waals surface area contributed by atoms with E-state index in [2.05, 4.69) is 65.9 Å². The van der Waals surface area contributed by atoms with Gasteiger partial charge in [0, 0.05) is 24.7 Å². The van der Waals surface area contributed by atoms with Gasteiger partial charge in [-0.05, 0) is 35.8 Å². The van der Waals surface area contributed by atoms with Crippen LogP contribution >= 0.6 is 15.9 Å². The number of nitrogens with one attached hydrogen (secondary N) is 1. The molecule has 1 N–H and O–H groups in total. The van der Waals surface area contributed by atoms with Gasteiger partial charge in [0.25, 0.3) is 0 Å². The number of halogens is 1. The normalized spacial score (nSPS) is 11.7. The summed E-state index contributed by atoms with van der Waals surface area (Å²) in [6.07, 6.45) is 1.79. The number of rotatable bonds is 4. The molecule has 114 valence electrons. The van der Waals surface area contributed by atoms with E-state index in [9.17, 15) is 0 Å². The maximum atomic E-state index is 4.78. The van der Waals surface area contributed by atoms with Gasteiger partial charge in [0.2, 0.25) is 0 Å². The first kappa shape index (κ1) is 15.9. The summed E-state index contributed by atoms with van der Waals surface area (Å²) in [7, 11) is 0. The Labute approximate surface area is 134 Å². The second kappa shape index (κ2) is 6.13. The number of nitrogens with zero attached hydrogens (tertiary/aromatic N) is 4. The first-order valence-corrected chi connectivity index (χ1v) is 8.01. The summed E-state index contributed by atoms with van der Waals surface area (Å²) < 4.78 is 2.84. The van der Waals surface area contributed by atoms with E-state index < -0.39 is 0 Å². The van der Waals surface area contributed by atoms with Crippen LogP contribution in [0.2, 0.25) is 0 Å². The van der Waals surface area contributed by atoms with Gasteiger partial charge in [-0.3, -0.25) is 4.68 Å². The number of aryl methyl sites for hydroxylation is 1. The Morgan fingerprint density at radius 3 is 2.52 bits per heavy atom. The highest BCUT2D eigenvalue weighted by molar-refractivity contribution is 9.10. The van der Waals surface area contributed by atoms with Crippen molar-refractivity contribution in [3.05, 3.63) is 22.4 Å². The fourth-order valence-electron chi connectivity index (χ4n) is 2.12. The molecule has 6 heteroatoms. The molecule has 0 aliphatic rings. The third-order valence-electron chi connectivity index (χ3n) is 3.15. The first-order chi connectivity index (χ1) is 9.88. The first-order valence-electron chi connectivity index (χ1n) is 7.22. The third kappa shape index (κ3) is 3.26. The van der Waals surface area contributed by atoms with E-state index in [1.165, 1.54) is 0 Å². The lowest BCUT2D eigenvalue weighted by molar-refractivity contribution is 0.563. The quantitative estimate of drug-likeness (QED) is 0.908. The van der Waals surface area contributed by atoms with Crippen LogP contribution in [0.5, 0.6) is 0 Å². The van der Waals surface area contributed by atoms with Crippen molar-refractivity contribution in [2.45, 2.75) is 46.6 Å². The Kier molecular flexibility index (Phi) is 4.66. The number of hydrogen-bond acceptors (Lipinski definition) is 4. The minimum absolute atomic E-state index is 0.0717. The van der Waals surface area contributed by atoms with E-state index in [4.69, 9.17) is 4.98 Å². The van der Waals surface area contributed by atoms with E-state index in [1.807, 2.05) is 10.7 Å². The molecule has 21 heavy (non-hydrogen) atoms. The summed E-state index contributed by atoms with van der Waals surface area (Å²) >= 11 is 3.64. The molecule has 0 bridgehead atoms. The molecule has 0 amide bonds. The van der Waals surface area contributed by atoms with Gasteiger partial charge < -0.3 is 5.32 Å². The van der Waals surface area contributed by atoms with Gasteiger partial charge in [0.05, 0.1) is 10.2 Å². The van der Waals surface area contributed by atoms with Crippen LogP contribution < -0.4 is 5.32 Å². The molecular weight excluding hydrogens is 330 g/mol. The van der Waals surface area contributed by atoms with Gasteiger partial charge in [-0.1, -0.05) is 20.8 Å². The van der Waals surface area contributed by atoms with Crippen LogP contribution in [-0.2, 0) is 12.0 Å². The minimum atomic E-state index is -0.0717. The van der Waals surface area contributed by atoms with Gasteiger partial charge in [-0.2, -0.15) is 5.10 Å². The lowest BCUT2D eigenvalue weighted by Gasteiger charge is -2.22. The maximum absolute atomic E-state index is 4.78. The van der Waals surface area contributed by atoms with Gasteiger partial charge in [-0.15, -0.1) is 0 Å². The highest BCUT2D eigenvalue weighted by Crippen LogP contribution is 2.34. The van der Waals surface area contributed by atoms with Crippen molar-refractivity contribution in [1.82, 2.24) is 19.7 Å². The lowest BCUT2D eigenvalue weighted by Crippen LogP contribution is -2.18. The van der Waals surface area contributed by atoms with Crippen LogP contribution in [0.25, 0.3) is 11.5 Å². The fraction of sp³-hybridized carbons (Fsp3) is 0.533. The third-order valence-corrected chi connectivity index (χ3v) is 3.90. The highest BCUT2D eigenvalue weighted by Gasteiger charge is 2.24. The van der Waals surface area contributed by atoms with Crippen molar-refractivity contribution < 1.29 is 0 Å². The molecule has 0 aliphatic heterocycles. The Morgan fingerprint density at radius 2 is 1.95 bits per heavy atom. The Hall–Kier alpha value is -1.43. The standard InChI is InChI=1S/C15H22BrN5/c1-6-17-14-11(16)12(15(3,4)5)19-13(20-14)10-8-9-18-21(10)7-2/h8-9H,6-7H2,1-5H3,(H,17,19,20). The molecule has 0 saturated heterocycles. The second-order valence-electron chi connectivity index (χ2n) is 5.87. The molecule has 0 unspecified atom stereocenters. The molecule has 2 rings (SSSR count). The van der Waals surface area contributed by atoms with E-state index in [0.717, 1.165) is 34.8 Å². The summed E-state index contributed by atoms with van der Waals surface area (Å²) in [5, 5.41) is 7.61. The topological polar surface area (TPSA) is 55.6 Å². The molecule has 0 radical (unpaired) electrons. The fourth-order valence-corrected chi connectivity index (χ4v) is 3.03. The molecule has 0 aliphatic carbocycles. The molecule has 0 atom stereocenters. The van der Waals surface area contributed by atoms with Crippen LogP contribution in [0.4, 0.5) is 5.82 Å². The zero-order valence-electron chi connectivity index (χ0n) is 13.2. The molecule has 5 nitrogen and oxygen atoms in total. The van der Waals surface area contributed by atoms with Crippen LogP contribution in [0.3, 0.4) is 0 Å². The molecular formula is C15H22BrN5. The molecule has 2 heterocycles. The molecule has 0 aromatic carbocycles. The van der Waals surface area contributed by atoms with E-state index >= 15 is 0 Å². The van der Waals surface area contributed by atoms with E-state index in [1.54, 1.807) is 6.20 Å². The SMILES string of the molecule is CCNc1nc(-c2ccnn2CC)nc(C(C)(C)C)c1Br. The van der Waals surface area contributed by atoms with Gasteiger partial charge in [0.15, 0.2) is 5.82 Å². The van der Waals surface area contributed by atoms with Crippen LogP contribution in [0.1, 0.15) is 40.3 Å². The van der Waals surface area contributed by atoms with Crippen molar-refractivity contribution in [2.24, 2.45) is 0 Å². The predicted octanol–water partition coefficient (Wildman–Crippen LogP) is 3.85. The Morgan fingerprint density at radius 1 is 1.24 bits per heavy atom. The molecule has 0 spiro atoms. The van der Waals surface area contributed by atoms with Crippen molar-refractivity contribution in [1.29, 1.82) is 0 Å². The largest absolute Gasteiger partial charge is 0.369 e. The average molecular weight is 352 g/mol. The summed E-state index contributed by atoms with van der Waals surface area (Å²) in [5.74, 6) is 1.54. The average Bonchev–Trinajstić information content (AvgIpc) is 2.88. The van der Waals surface area contributed by atoms with Gasteiger partial charge >= 0.3 is 0 Å². The minimum Gasteiger partial charge on any atom is -0.369 e. The number of aromatic nitrogens is 4. The number of hydrogen-bond donors (Lipinski definition) is 1. The second-order valence-corrected chi connectivity index (χ2v) is 6.66. The van der Waals surface area contributed by atoms with Gasteiger partial charge in [0.1, 0.15) is 11.5 Å². The van der Waals surface area contributed by atoms with E-state index in [-0.39, 0.29) is 5.41 Å². The Bertz CT molecular complexity index is 627. The van der Waals surface area contributed by atoms with Crippen molar-refractivity contribution in [3.63, 3.8) is 0 Å². The van der Waals surface area contributed by atoms with E-state index in [0.29, 0.717) is 5.82 Å². The molecule has 0 fully saturated rings. The number of anilines is 1.